The molecule has 0 saturated heterocycles. The number of thiophene rings is 1. The van der Waals surface area contributed by atoms with Crippen molar-refractivity contribution in [3.8, 4) is 0 Å². The van der Waals surface area contributed by atoms with Gasteiger partial charge in [0.1, 0.15) is 0 Å². The number of para-hydroxylation sites is 2. The van der Waals surface area contributed by atoms with E-state index in [0.717, 1.165) is 10.4 Å². The molecule has 4 N–H and O–H groups in total. The summed E-state index contributed by atoms with van der Waals surface area (Å²) in [6.07, 6.45) is -0.982. The number of carbonyl (C=O) groups is 2. The molecule has 2 aromatic carbocycles. The number of benzene rings is 2. The molecule has 3 aromatic rings. The normalized spacial score (nSPS) is 10.4. The summed E-state index contributed by atoms with van der Waals surface area (Å²) in [5.41, 5.74) is 8.17. The van der Waals surface area contributed by atoms with E-state index >= 15 is 0 Å². The summed E-state index contributed by atoms with van der Waals surface area (Å²) in [4.78, 5) is 26.2. The first-order valence-corrected chi connectivity index (χ1v) is 9.16. The van der Waals surface area contributed by atoms with E-state index in [0.29, 0.717) is 23.5 Å². The molecule has 3 rings (SSSR count). The van der Waals surface area contributed by atoms with Gasteiger partial charge in [-0.3, -0.25) is 9.69 Å². The molecule has 0 aliphatic heterocycles. The topological polar surface area (TPSA) is 95.7 Å². The Morgan fingerprint density at radius 3 is 2.37 bits per heavy atom. The summed E-state index contributed by atoms with van der Waals surface area (Å²) < 4.78 is 0. The zero-order valence-corrected chi connectivity index (χ0v) is 15.3. The molecule has 27 heavy (non-hydrogen) atoms. The summed E-state index contributed by atoms with van der Waals surface area (Å²) in [7, 11) is 0. The molecule has 0 unspecified atom stereocenters. The van der Waals surface area contributed by atoms with E-state index in [1.54, 1.807) is 48.5 Å². The van der Waals surface area contributed by atoms with Gasteiger partial charge < -0.3 is 16.2 Å². The number of hydrogen-bond donors (Lipinski definition) is 3. The minimum Gasteiger partial charge on any atom is -0.465 e. The van der Waals surface area contributed by atoms with Crippen LogP contribution in [-0.4, -0.2) is 22.0 Å². The minimum absolute atomic E-state index is 0.251. The highest BCUT2D eigenvalue weighted by molar-refractivity contribution is 7.09. The average molecular weight is 381 g/mol. The van der Waals surface area contributed by atoms with Crippen LogP contribution in [0.5, 0.6) is 0 Å². The third kappa shape index (κ3) is 4.86. The number of nitrogens with two attached hydrogens (primary N) is 1. The maximum atomic E-state index is 12.3. The summed E-state index contributed by atoms with van der Waals surface area (Å²) in [6.45, 7) is 0.587. The molecule has 0 aliphatic rings. The smallest absolute Gasteiger partial charge is 0.407 e. The summed E-state index contributed by atoms with van der Waals surface area (Å²) in [6, 6.07) is 17.7. The van der Waals surface area contributed by atoms with Gasteiger partial charge in [0, 0.05) is 17.0 Å². The van der Waals surface area contributed by atoms with Crippen molar-refractivity contribution in [2.45, 2.75) is 13.1 Å². The van der Waals surface area contributed by atoms with Crippen LogP contribution in [0.1, 0.15) is 20.8 Å². The van der Waals surface area contributed by atoms with Crippen LogP contribution in [-0.2, 0) is 13.1 Å². The Kier molecular flexibility index (Phi) is 5.73. The Morgan fingerprint density at radius 1 is 1.00 bits per heavy atom. The van der Waals surface area contributed by atoms with E-state index in [-0.39, 0.29) is 12.5 Å². The number of anilines is 2. The summed E-state index contributed by atoms with van der Waals surface area (Å²) >= 11 is 1.52. The van der Waals surface area contributed by atoms with Crippen molar-refractivity contribution in [2.75, 3.05) is 11.1 Å². The van der Waals surface area contributed by atoms with Gasteiger partial charge >= 0.3 is 6.09 Å². The number of amides is 2. The van der Waals surface area contributed by atoms with Crippen molar-refractivity contribution in [3.05, 3.63) is 82.0 Å². The predicted octanol–water partition coefficient (Wildman–Crippen LogP) is 4.26. The Hall–Kier alpha value is -3.32. The van der Waals surface area contributed by atoms with E-state index in [1.807, 2.05) is 17.5 Å². The second kappa shape index (κ2) is 8.37. The van der Waals surface area contributed by atoms with Crippen LogP contribution < -0.4 is 11.1 Å². The van der Waals surface area contributed by atoms with Crippen molar-refractivity contribution >= 4 is 34.7 Å². The third-order valence-corrected chi connectivity index (χ3v) is 4.86. The van der Waals surface area contributed by atoms with Crippen molar-refractivity contribution in [1.29, 1.82) is 0 Å². The number of hydrogen-bond acceptors (Lipinski definition) is 4. The SMILES string of the molecule is Nc1ccccc1NC(=O)c1ccc(CN(Cc2cccs2)C(=O)O)cc1. The fourth-order valence-corrected chi connectivity index (χ4v) is 3.29. The van der Waals surface area contributed by atoms with Crippen LogP contribution in [0.3, 0.4) is 0 Å². The summed E-state index contributed by atoms with van der Waals surface area (Å²) in [5.74, 6) is -0.270. The lowest BCUT2D eigenvalue weighted by Crippen LogP contribution is -2.28. The molecule has 0 aliphatic carbocycles. The molecule has 138 valence electrons. The minimum atomic E-state index is -0.982. The van der Waals surface area contributed by atoms with Crippen LogP contribution in [0.25, 0.3) is 0 Å². The number of nitrogens with one attached hydrogen (secondary N) is 1. The lowest BCUT2D eigenvalue weighted by Gasteiger charge is -2.18. The monoisotopic (exact) mass is 381 g/mol. The van der Waals surface area contributed by atoms with Gasteiger partial charge in [0.05, 0.1) is 17.9 Å². The molecule has 0 atom stereocenters. The van der Waals surface area contributed by atoms with Gasteiger partial charge in [-0.05, 0) is 41.3 Å². The largest absolute Gasteiger partial charge is 0.465 e. The number of nitrogen functional groups attached to an aromatic ring is 1. The molecule has 0 spiro atoms. The van der Waals surface area contributed by atoms with Gasteiger partial charge in [0.15, 0.2) is 0 Å². The Balaban J connectivity index is 1.66. The molecular weight excluding hydrogens is 362 g/mol. The van der Waals surface area contributed by atoms with E-state index < -0.39 is 6.09 Å². The van der Waals surface area contributed by atoms with Gasteiger partial charge in [-0.25, -0.2) is 4.79 Å². The van der Waals surface area contributed by atoms with Gasteiger partial charge in [0.25, 0.3) is 5.91 Å². The van der Waals surface area contributed by atoms with Crippen molar-refractivity contribution in [1.82, 2.24) is 4.90 Å². The van der Waals surface area contributed by atoms with Crippen LogP contribution in [0.15, 0.2) is 66.0 Å². The second-order valence-corrected chi connectivity index (χ2v) is 6.99. The van der Waals surface area contributed by atoms with E-state index in [9.17, 15) is 14.7 Å². The fraction of sp³-hybridized carbons (Fsp3) is 0.100. The molecule has 6 nitrogen and oxygen atoms in total. The molecule has 2 amide bonds. The van der Waals surface area contributed by atoms with Crippen LogP contribution in [0, 0.1) is 0 Å². The molecule has 1 heterocycles. The fourth-order valence-electron chi connectivity index (χ4n) is 2.57. The standard InChI is InChI=1S/C20H19N3O3S/c21-17-5-1-2-6-18(17)22-19(24)15-9-7-14(8-10-15)12-23(20(25)26)13-16-4-3-11-27-16/h1-11H,12-13,21H2,(H,22,24)(H,25,26). The maximum absolute atomic E-state index is 12.3. The van der Waals surface area contributed by atoms with Gasteiger partial charge in [-0.2, -0.15) is 0 Å². The van der Waals surface area contributed by atoms with Gasteiger partial charge in [-0.1, -0.05) is 30.3 Å². The van der Waals surface area contributed by atoms with Crippen LogP contribution >= 0.6 is 11.3 Å². The molecule has 0 fully saturated rings. The third-order valence-electron chi connectivity index (χ3n) is 4.00. The van der Waals surface area contributed by atoms with Gasteiger partial charge in [-0.15, -0.1) is 11.3 Å². The molecule has 1 aromatic heterocycles. The first kappa shape index (κ1) is 18.5. The van der Waals surface area contributed by atoms with Crippen molar-refractivity contribution in [2.24, 2.45) is 0 Å². The maximum Gasteiger partial charge on any atom is 0.407 e. The highest BCUT2D eigenvalue weighted by Gasteiger charge is 2.14. The quantitative estimate of drug-likeness (QED) is 0.556. The molecule has 0 saturated carbocycles. The van der Waals surface area contributed by atoms with Crippen LogP contribution in [0.2, 0.25) is 0 Å². The summed E-state index contributed by atoms with van der Waals surface area (Å²) in [5, 5.41) is 14.1. The van der Waals surface area contributed by atoms with Crippen molar-refractivity contribution < 1.29 is 14.7 Å². The number of rotatable bonds is 6. The zero-order chi connectivity index (χ0) is 19.2. The van der Waals surface area contributed by atoms with Gasteiger partial charge in [0.2, 0.25) is 0 Å². The molecule has 0 radical (unpaired) electrons. The number of carbonyl (C=O) groups excluding carboxylic acids is 1. The first-order chi connectivity index (χ1) is 13.0. The molecule has 0 bridgehead atoms. The Morgan fingerprint density at radius 2 is 1.74 bits per heavy atom. The van der Waals surface area contributed by atoms with E-state index in [4.69, 9.17) is 5.73 Å². The zero-order valence-electron chi connectivity index (χ0n) is 14.5. The number of carboxylic acid groups (broad SMARTS) is 1. The lowest BCUT2D eigenvalue weighted by atomic mass is 10.1. The van der Waals surface area contributed by atoms with Crippen LogP contribution in [0.4, 0.5) is 16.2 Å². The van der Waals surface area contributed by atoms with E-state index in [1.165, 1.54) is 16.2 Å². The predicted molar refractivity (Wildman–Crippen MR) is 107 cm³/mol. The number of nitrogens with zero attached hydrogens (tertiary/aromatic N) is 1. The Labute approximate surface area is 160 Å². The first-order valence-electron chi connectivity index (χ1n) is 8.28. The van der Waals surface area contributed by atoms with Crippen molar-refractivity contribution in [3.63, 3.8) is 0 Å². The lowest BCUT2D eigenvalue weighted by molar-refractivity contribution is 0.102. The molecule has 7 heteroatoms. The average Bonchev–Trinajstić information content (AvgIpc) is 3.16. The van der Waals surface area contributed by atoms with E-state index in [2.05, 4.69) is 5.32 Å². The Bertz CT molecular complexity index is 924. The highest BCUT2D eigenvalue weighted by atomic mass is 32.1. The highest BCUT2D eigenvalue weighted by Crippen LogP contribution is 2.19. The molecular formula is C20H19N3O3S. The second-order valence-electron chi connectivity index (χ2n) is 5.96.